The van der Waals surface area contributed by atoms with Gasteiger partial charge in [-0.1, -0.05) is 62.7 Å². The number of carbonyl (C=O) groups is 2. The minimum Gasteiger partial charge on any atom is -0.273 e. The first-order valence-corrected chi connectivity index (χ1v) is 11.1. The summed E-state index contributed by atoms with van der Waals surface area (Å²) in [5.74, 6) is -0.929. The molecule has 2 aromatic rings. The highest BCUT2D eigenvalue weighted by Crippen LogP contribution is 2.24. The summed E-state index contributed by atoms with van der Waals surface area (Å²) in [4.78, 5) is 29.4. The van der Waals surface area contributed by atoms with Crippen molar-refractivity contribution in [1.82, 2.24) is 15.6 Å². The molecule has 0 unspecified atom stereocenters. The van der Waals surface area contributed by atoms with Crippen LogP contribution in [-0.2, 0) is 26.0 Å². The molecule has 1 heterocycles. The number of nitrogens with one attached hydrogen (secondary N) is 3. The molecule has 2 aromatic carbocycles. The lowest BCUT2D eigenvalue weighted by atomic mass is 9.99. The second kappa shape index (κ2) is 9.08. The van der Waals surface area contributed by atoms with E-state index in [-0.39, 0.29) is 29.0 Å². The molecule has 0 fully saturated rings. The van der Waals surface area contributed by atoms with Crippen LogP contribution in [0.2, 0.25) is 0 Å². The fraction of sp³-hybridized carbons (Fsp3) is 0.286. The van der Waals surface area contributed by atoms with Gasteiger partial charge < -0.3 is 0 Å². The zero-order valence-corrected chi connectivity index (χ0v) is 17.6. The largest absolute Gasteiger partial charge is 0.273 e. The number of hydrogen-bond donors (Lipinski definition) is 3. The molecule has 3 rings (SSSR count). The Morgan fingerprint density at radius 2 is 1.70 bits per heavy atom. The Hall–Kier alpha value is -3.20. The third-order valence-corrected chi connectivity index (χ3v) is 6.31. The van der Waals surface area contributed by atoms with Crippen LogP contribution in [0.4, 0.5) is 0 Å². The molecule has 8 nitrogen and oxygen atoms in total. The van der Waals surface area contributed by atoms with E-state index in [1.54, 1.807) is 18.2 Å². The number of amidine groups is 1. The van der Waals surface area contributed by atoms with Gasteiger partial charge >= 0.3 is 0 Å². The maximum absolute atomic E-state index is 12.8. The summed E-state index contributed by atoms with van der Waals surface area (Å²) in [6.07, 6.45) is 0.762. The molecule has 3 N–H and O–H groups in total. The van der Waals surface area contributed by atoms with Crippen LogP contribution in [0.3, 0.4) is 0 Å². The number of carbonyl (C=O) groups excluding carboxylic acids is 2. The van der Waals surface area contributed by atoms with Gasteiger partial charge in [0.05, 0.1) is 11.3 Å². The maximum atomic E-state index is 12.8. The van der Waals surface area contributed by atoms with Crippen LogP contribution in [0.1, 0.15) is 31.4 Å². The van der Waals surface area contributed by atoms with E-state index in [0.29, 0.717) is 12.0 Å². The average Bonchev–Trinajstić information content (AvgIpc) is 3.00. The number of aliphatic imine (C=N–C) groups is 1. The lowest BCUT2D eigenvalue weighted by molar-refractivity contribution is -0.129. The Bertz CT molecular complexity index is 1070. The number of fused-ring (bicyclic) bond motifs is 1. The van der Waals surface area contributed by atoms with Crippen molar-refractivity contribution in [2.75, 3.05) is 0 Å². The first-order valence-electron chi connectivity index (χ1n) is 9.64. The monoisotopic (exact) mass is 428 g/mol. The standard InChI is InChI=1S/C21H24N4O4S/c1-3-14(2)19(21(27)24-23-18(26)13-15-9-5-4-6-10-15)22-20-16-11-7-8-12-17(16)30(28,29)25-20/h4-12,14,19H,3,13H2,1-2H3,(H,22,25)(H,23,26)(H,24,27)/t14-,19-/m0/s1. The molecule has 0 bridgehead atoms. The van der Waals surface area contributed by atoms with E-state index in [2.05, 4.69) is 20.6 Å². The quantitative estimate of drug-likeness (QED) is 0.605. The van der Waals surface area contributed by atoms with Crippen LogP contribution in [0.5, 0.6) is 0 Å². The Morgan fingerprint density at radius 1 is 1.03 bits per heavy atom. The molecule has 2 atom stereocenters. The summed E-state index contributed by atoms with van der Waals surface area (Å²) < 4.78 is 27.0. The number of hydrogen-bond acceptors (Lipinski definition) is 5. The number of benzene rings is 2. The van der Waals surface area contributed by atoms with E-state index in [1.807, 2.05) is 44.2 Å². The summed E-state index contributed by atoms with van der Waals surface area (Å²) in [6.45, 7) is 3.75. The van der Waals surface area contributed by atoms with Gasteiger partial charge in [-0.25, -0.2) is 8.42 Å². The second-order valence-corrected chi connectivity index (χ2v) is 8.76. The minimum absolute atomic E-state index is 0.122. The number of rotatable bonds is 6. The van der Waals surface area contributed by atoms with Crippen molar-refractivity contribution < 1.29 is 18.0 Å². The normalized spacial score (nSPS) is 17.5. The van der Waals surface area contributed by atoms with Gasteiger partial charge in [0.25, 0.3) is 15.9 Å². The summed E-state index contributed by atoms with van der Waals surface area (Å²) in [5.41, 5.74) is 6.06. The third-order valence-electron chi connectivity index (χ3n) is 4.92. The highest BCUT2D eigenvalue weighted by Gasteiger charge is 2.33. The lowest BCUT2D eigenvalue weighted by Gasteiger charge is -2.19. The number of amides is 2. The zero-order chi connectivity index (χ0) is 21.7. The van der Waals surface area contributed by atoms with Crippen LogP contribution < -0.4 is 15.6 Å². The van der Waals surface area contributed by atoms with Crippen LogP contribution >= 0.6 is 0 Å². The fourth-order valence-electron chi connectivity index (χ4n) is 3.07. The molecular weight excluding hydrogens is 404 g/mol. The van der Waals surface area contributed by atoms with Gasteiger partial charge in [0.1, 0.15) is 11.9 Å². The Labute approximate surface area is 175 Å². The molecule has 0 radical (unpaired) electrons. The SMILES string of the molecule is CC[C@H](C)[C@H](N=C1NS(=O)(=O)c2ccccc21)C(=O)NNC(=O)Cc1ccccc1. The van der Waals surface area contributed by atoms with Gasteiger partial charge in [0, 0.05) is 5.56 Å². The van der Waals surface area contributed by atoms with Crippen LogP contribution in [-0.4, -0.2) is 32.1 Å². The highest BCUT2D eigenvalue weighted by molar-refractivity contribution is 7.90. The predicted octanol–water partition coefficient (Wildman–Crippen LogP) is 1.53. The zero-order valence-electron chi connectivity index (χ0n) is 16.8. The molecule has 0 spiro atoms. The van der Waals surface area contributed by atoms with Gasteiger partial charge in [0.15, 0.2) is 0 Å². The summed E-state index contributed by atoms with van der Waals surface area (Å²) in [7, 11) is -3.70. The van der Waals surface area contributed by atoms with E-state index in [4.69, 9.17) is 0 Å². The Morgan fingerprint density at radius 3 is 2.40 bits per heavy atom. The van der Waals surface area contributed by atoms with Crippen molar-refractivity contribution >= 4 is 27.7 Å². The van der Waals surface area contributed by atoms with Gasteiger partial charge in [0.2, 0.25) is 5.91 Å². The number of sulfonamides is 1. The van der Waals surface area contributed by atoms with Crippen molar-refractivity contribution in [2.45, 2.75) is 37.6 Å². The van der Waals surface area contributed by atoms with Crippen LogP contribution in [0.25, 0.3) is 0 Å². The van der Waals surface area contributed by atoms with E-state index < -0.39 is 22.0 Å². The summed E-state index contributed by atoms with van der Waals surface area (Å²) in [6, 6.07) is 14.7. The number of hydrazine groups is 1. The molecule has 30 heavy (non-hydrogen) atoms. The van der Waals surface area contributed by atoms with E-state index in [1.165, 1.54) is 6.07 Å². The smallest absolute Gasteiger partial charge is 0.263 e. The minimum atomic E-state index is -3.70. The van der Waals surface area contributed by atoms with Crippen molar-refractivity contribution in [3.05, 3.63) is 65.7 Å². The Kier molecular flexibility index (Phi) is 6.51. The van der Waals surface area contributed by atoms with Crippen molar-refractivity contribution in [1.29, 1.82) is 0 Å². The number of nitrogens with zero attached hydrogens (tertiary/aromatic N) is 1. The first kappa shape index (κ1) is 21.5. The van der Waals surface area contributed by atoms with Gasteiger partial charge in [-0.3, -0.25) is 30.2 Å². The summed E-state index contributed by atoms with van der Waals surface area (Å²) >= 11 is 0. The summed E-state index contributed by atoms with van der Waals surface area (Å²) in [5, 5.41) is 0. The molecule has 0 saturated heterocycles. The van der Waals surface area contributed by atoms with Crippen LogP contribution in [0.15, 0.2) is 64.5 Å². The van der Waals surface area contributed by atoms with Crippen molar-refractivity contribution in [3.63, 3.8) is 0 Å². The average molecular weight is 429 g/mol. The molecule has 0 saturated carbocycles. The van der Waals surface area contributed by atoms with Gasteiger partial charge in [-0.15, -0.1) is 0 Å². The topological polar surface area (TPSA) is 117 Å². The van der Waals surface area contributed by atoms with E-state index >= 15 is 0 Å². The van der Waals surface area contributed by atoms with E-state index in [9.17, 15) is 18.0 Å². The lowest BCUT2D eigenvalue weighted by Crippen LogP contribution is -2.48. The molecule has 158 valence electrons. The van der Waals surface area contributed by atoms with Crippen LogP contribution in [0, 0.1) is 5.92 Å². The van der Waals surface area contributed by atoms with Crippen molar-refractivity contribution in [3.8, 4) is 0 Å². The molecule has 1 aliphatic rings. The second-order valence-electron chi connectivity index (χ2n) is 7.11. The molecule has 0 aromatic heterocycles. The van der Waals surface area contributed by atoms with E-state index in [0.717, 1.165) is 5.56 Å². The first-order chi connectivity index (χ1) is 14.3. The molecule has 1 aliphatic heterocycles. The molecule has 0 aliphatic carbocycles. The Balaban J connectivity index is 1.74. The van der Waals surface area contributed by atoms with Crippen molar-refractivity contribution in [2.24, 2.45) is 10.9 Å². The molecular formula is C21H24N4O4S. The maximum Gasteiger partial charge on any atom is 0.263 e. The molecule has 9 heteroatoms. The highest BCUT2D eigenvalue weighted by atomic mass is 32.2. The fourth-order valence-corrected chi connectivity index (χ4v) is 4.31. The third kappa shape index (κ3) is 4.85. The van der Waals surface area contributed by atoms with Gasteiger partial charge in [-0.05, 0) is 23.6 Å². The molecule has 2 amide bonds. The predicted molar refractivity (Wildman–Crippen MR) is 113 cm³/mol. The van der Waals surface area contributed by atoms with Gasteiger partial charge in [-0.2, -0.15) is 0 Å².